The summed E-state index contributed by atoms with van der Waals surface area (Å²) in [6, 6.07) is 10.6. The van der Waals surface area contributed by atoms with Crippen molar-refractivity contribution in [2.75, 3.05) is 4.90 Å². The average Bonchev–Trinajstić information content (AvgIpc) is 2.55. The minimum atomic E-state index is -0.713. The first kappa shape index (κ1) is 17.1. The Morgan fingerprint density at radius 2 is 2.08 bits per heavy atom. The average molecular weight is 442 g/mol. The number of anilines is 1. The van der Waals surface area contributed by atoms with Gasteiger partial charge in [-0.15, -0.1) is 0 Å². The maximum Gasteiger partial charge on any atom is 0.190 e. The Balaban J connectivity index is 1.85. The molecule has 3 atom stereocenters. The molecule has 0 saturated carbocycles. The molecule has 0 aromatic heterocycles. The largest absolute Gasteiger partial charge is 0.467 e. The fourth-order valence-corrected chi connectivity index (χ4v) is 4.57. The highest BCUT2D eigenvalue weighted by Gasteiger charge is 2.53. The van der Waals surface area contributed by atoms with Gasteiger partial charge in [0.1, 0.15) is 11.6 Å². The van der Waals surface area contributed by atoms with Crippen molar-refractivity contribution in [1.29, 1.82) is 0 Å². The molecule has 0 aliphatic carbocycles. The van der Waals surface area contributed by atoms with Crippen molar-refractivity contribution in [3.8, 4) is 5.75 Å². The molecule has 2 aliphatic heterocycles. The first-order valence-electron chi connectivity index (χ1n) is 7.85. The molecule has 0 unspecified atom stereocenters. The summed E-state index contributed by atoms with van der Waals surface area (Å²) < 4.78 is 21.0. The Labute approximate surface area is 164 Å². The summed E-state index contributed by atoms with van der Waals surface area (Å²) in [4.78, 5) is 1.87. The van der Waals surface area contributed by atoms with E-state index in [1.54, 1.807) is 12.1 Å². The second-order valence-electron chi connectivity index (χ2n) is 6.49. The Morgan fingerprint density at radius 1 is 1.32 bits per heavy atom. The van der Waals surface area contributed by atoms with Crippen LogP contribution in [0.4, 0.5) is 10.1 Å². The smallest absolute Gasteiger partial charge is 0.190 e. The molecule has 25 heavy (non-hydrogen) atoms. The lowest BCUT2D eigenvalue weighted by atomic mass is 9.80. The van der Waals surface area contributed by atoms with Crippen LogP contribution < -0.4 is 15.0 Å². The zero-order valence-corrected chi connectivity index (χ0v) is 16.7. The number of thiocarbonyl (C=S) groups is 1. The number of nitrogens with zero attached hydrogens (tertiary/aromatic N) is 1. The third-order valence-electron chi connectivity index (χ3n) is 5.06. The third-order valence-corrected chi connectivity index (χ3v) is 6.14. The molecular formula is C18H15BrClFN2OS. The highest BCUT2D eigenvalue weighted by molar-refractivity contribution is 9.10. The number of hydrogen-bond acceptors (Lipinski definition) is 2. The van der Waals surface area contributed by atoms with E-state index in [0.29, 0.717) is 10.8 Å². The summed E-state index contributed by atoms with van der Waals surface area (Å²) >= 11 is 15.1. The molecule has 1 N–H and O–H groups in total. The van der Waals surface area contributed by atoms with Gasteiger partial charge in [-0.05, 0) is 55.5 Å². The summed E-state index contributed by atoms with van der Waals surface area (Å²) in [5.74, 6) is 0.434. The number of rotatable bonds is 1. The van der Waals surface area contributed by atoms with Gasteiger partial charge in [-0.25, -0.2) is 4.39 Å². The number of hydrogen-bond donors (Lipinski definition) is 1. The minimum absolute atomic E-state index is 0.0333. The molecule has 0 amide bonds. The van der Waals surface area contributed by atoms with Gasteiger partial charge >= 0.3 is 0 Å². The molecule has 2 aromatic carbocycles. The predicted molar refractivity (Wildman–Crippen MR) is 105 cm³/mol. The second-order valence-corrected chi connectivity index (χ2v) is 8.20. The molecule has 1 fully saturated rings. The number of ether oxygens (including phenoxy) is 1. The quantitative estimate of drug-likeness (QED) is 0.597. The first-order valence-corrected chi connectivity index (χ1v) is 9.43. The van der Waals surface area contributed by atoms with Gasteiger partial charge in [0.15, 0.2) is 10.8 Å². The number of benzene rings is 2. The predicted octanol–water partition coefficient (Wildman–Crippen LogP) is 5.42. The molecule has 0 spiro atoms. The highest BCUT2D eigenvalue weighted by Crippen LogP contribution is 2.49. The molecule has 0 radical (unpaired) electrons. The summed E-state index contributed by atoms with van der Waals surface area (Å²) in [5, 5.41) is 3.99. The molecule has 7 heteroatoms. The van der Waals surface area contributed by atoms with E-state index in [1.165, 1.54) is 6.07 Å². The third kappa shape index (κ3) is 2.54. The molecule has 2 bridgehead atoms. The van der Waals surface area contributed by atoms with Gasteiger partial charge < -0.3 is 10.1 Å². The van der Waals surface area contributed by atoms with Crippen LogP contribution in [0.3, 0.4) is 0 Å². The first-order chi connectivity index (χ1) is 11.8. The van der Waals surface area contributed by atoms with Crippen LogP contribution in [0.25, 0.3) is 0 Å². The lowest BCUT2D eigenvalue weighted by Crippen LogP contribution is -2.69. The Kier molecular flexibility index (Phi) is 3.98. The topological polar surface area (TPSA) is 24.5 Å². The molecule has 2 heterocycles. The van der Waals surface area contributed by atoms with Crippen LogP contribution in [-0.2, 0) is 0 Å². The van der Waals surface area contributed by atoms with Gasteiger partial charge in [-0.2, -0.15) is 0 Å². The summed E-state index contributed by atoms with van der Waals surface area (Å²) in [6.45, 7) is 4.11. The van der Waals surface area contributed by atoms with E-state index in [1.807, 2.05) is 24.0 Å². The zero-order chi connectivity index (χ0) is 17.9. The zero-order valence-electron chi connectivity index (χ0n) is 13.5. The van der Waals surface area contributed by atoms with Crippen LogP contribution in [0.2, 0.25) is 5.02 Å². The van der Waals surface area contributed by atoms with Crippen LogP contribution >= 0.6 is 39.7 Å². The van der Waals surface area contributed by atoms with Crippen molar-refractivity contribution in [2.45, 2.75) is 25.6 Å². The minimum Gasteiger partial charge on any atom is -0.467 e. The number of halogens is 3. The van der Waals surface area contributed by atoms with E-state index in [0.717, 1.165) is 15.8 Å². The van der Waals surface area contributed by atoms with Gasteiger partial charge in [0.05, 0.1) is 11.1 Å². The van der Waals surface area contributed by atoms with Crippen LogP contribution in [0.15, 0.2) is 40.9 Å². The summed E-state index contributed by atoms with van der Waals surface area (Å²) in [7, 11) is 0. The van der Waals surface area contributed by atoms with Crippen molar-refractivity contribution in [1.82, 2.24) is 5.32 Å². The van der Waals surface area contributed by atoms with Crippen molar-refractivity contribution in [2.24, 2.45) is 5.92 Å². The number of fused-ring (bicyclic) bond motifs is 4. The molecule has 1 saturated heterocycles. The molecule has 130 valence electrons. The summed E-state index contributed by atoms with van der Waals surface area (Å²) in [6.07, 6.45) is 0. The molecule has 3 nitrogen and oxygen atoms in total. The Hall–Kier alpha value is -1.37. The molecular weight excluding hydrogens is 427 g/mol. The number of nitrogens with one attached hydrogen (secondary N) is 1. The van der Waals surface area contributed by atoms with Gasteiger partial charge in [0.2, 0.25) is 0 Å². The van der Waals surface area contributed by atoms with E-state index >= 15 is 0 Å². The molecule has 2 aliphatic rings. The molecule has 2 aromatic rings. The van der Waals surface area contributed by atoms with Gasteiger partial charge in [-0.1, -0.05) is 34.5 Å². The Bertz CT molecular complexity index is 895. The normalized spacial score (nSPS) is 27.4. The van der Waals surface area contributed by atoms with Crippen LogP contribution in [0.5, 0.6) is 5.75 Å². The van der Waals surface area contributed by atoms with E-state index < -0.39 is 11.5 Å². The van der Waals surface area contributed by atoms with E-state index in [-0.39, 0.29) is 17.0 Å². The SMILES string of the molecule is C[C@H]1[C@@H]2NC(=S)N(c3ccc(F)c(Cl)c3)[C@@]1(C)Oc1ccc(Br)cc12. The van der Waals surface area contributed by atoms with Crippen LogP contribution in [0.1, 0.15) is 25.5 Å². The maximum atomic E-state index is 13.6. The second kappa shape index (κ2) is 5.83. The Morgan fingerprint density at radius 3 is 2.80 bits per heavy atom. The lowest BCUT2D eigenvalue weighted by Gasteiger charge is -2.56. The molecule has 4 rings (SSSR count). The monoisotopic (exact) mass is 440 g/mol. The van der Waals surface area contributed by atoms with Gasteiger partial charge in [-0.3, -0.25) is 4.90 Å². The highest BCUT2D eigenvalue weighted by atomic mass is 79.9. The summed E-state index contributed by atoms with van der Waals surface area (Å²) in [5.41, 5.74) is 1.05. The fourth-order valence-electron chi connectivity index (χ4n) is 3.60. The van der Waals surface area contributed by atoms with Crippen LogP contribution in [0, 0.1) is 11.7 Å². The van der Waals surface area contributed by atoms with Crippen molar-refractivity contribution < 1.29 is 9.13 Å². The fraction of sp³-hybridized carbons (Fsp3) is 0.278. The van der Waals surface area contributed by atoms with E-state index in [2.05, 4.69) is 34.2 Å². The lowest BCUT2D eigenvalue weighted by molar-refractivity contribution is -0.00321. The van der Waals surface area contributed by atoms with E-state index in [9.17, 15) is 4.39 Å². The maximum absolute atomic E-state index is 13.6. The van der Waals surface area contributed by atoms with Gasteiger partial charge in [0.25, 0.3) is 0 Å². The van der Waals surface area contributed by atoms with Crippen molar-refractivity contribution in [3.63, 3.8) is 0 Å². The van der Waals surface area contributed by atoms with Gasteiger partial charge in [0, 0.05) is 21.6 Å². The van der Waals surface area contributed by atoms with E-state index in [4.69, 9.17) is 28.6 Å². The van der Waals surface area contributed by atoms with Crippen molar-refractivity contribution in [3.05, 3.63) is 57.3 Å². The van der Waals surface area contributed by atoms with Crippen molar-refractivity contribution >= 4 is 50.5 Å². The van der Waals surface area contributed by atoms with Crippen LogP contribution in [-0.4, -0.2) is 10.8 Å². The standard InChI is InChI=1S/C18H15BrClFN2OS/c1-9-16-12-7-10(19)3-6-15(12)24-18(9,2)23(17(25)22-16)11-4-5-14(21)13(20)8-11/h3-9,16H,1-2H3,(H,22,25)/t9-,16-,18-/m0/s1.